The number of rotatable bonds is 2. The van der Waals surface area contributed by atoms with E-state index in [2.05, 4.69) is 26.2 Å². The van der Waals surface area contributed by atoms with Crippen LogP contribution in [-0.2, 0) is 6.67 Å². The van der Waals surface area contributed by atoms with Crippen molar-refractivity contribution in [2.24, 2.45) is 0 Å². The largest absolute Gasteiger partial charge is 0.303 e. The molecule has 0 spiro atoms. The molecule has 0 radical (unpaired) electrons. The topological polar surface area (TPSA) is 46.9 Å². The van der Waals surface area contributed by atoms with E-state index in [1.807, 2.05) is 18.2 Å². The molecule has 0 aliphatic carbocycles. The Morgan fingerprint density at radius 1 is 1.53 bits per heavy atom. The second kappa shape index (κ2) is 4.12. The first-order valence-corrected chi connectivity index (χ1v) is 5.31. The van der Waals surface area contributed by atoms with Crippen molar-refractivity contribution in [3.05, 3.63) is 39.4 Å². The summed E-state index contributed by atoms with van der Waals surface area (Å²) in [5.74, 6) is 0. The first-order valence-electron chi connectivity index (χ1n) is 4.52. The van der Waals surface area contributed by atoms with Crippen molar-refractivity contribution in [3.63, 3.8) is 0 Å². The van der Waals surface area contributed by atoms with E-state index < -0.39 is 0 Å². The molecule has 1 N–H and O–H groups in total. The average molecular weight is 268 g/mol. The molecular formula is C10H10BrN3O. The Kier molecular flexibility index (Phi) is 2.83. The minimum atomic E-state index is -0.0400. The molecule has 4 nitrogen and oxygen atoms in total. The third-order valence-corrected chi connectivity index (χ3v) is 2.79. The number of benzene rings is 1. The zero-order valence-corrected chi connectivity index (χ0v) is 9.78. The highest BCUT2D eigenvalue weighted by molar-refractivity contribution is 9.10. The zero-order valence-electron chi connectivity index (χ0n) is 8.20. The summed E-state index contributed by atoms with van der Waals surface area (Å²) < 4.78 is 2.32. The molecule has 1 aromatic carbocycles. The smallest absolute Gasteiger partial charge is 0.263 e. The molecule has 1 heterocycles. The van der Waals surface area contributed by atoms with Gasteiger partial charge in [0.2, 0.25) is 0 Å². The maximum Gasteiger partial charge on any atom is 0.263 e. The first kappa shape index (κ1) is 10.3. The number of halogens is 1. The molecule has 0 saturated heterocycles. The number of aromatic nitrogens is 2. The molecule has 1 aromatic heterocycles. The van der Waals surface area contributed by atoms with Crippen LogP contribution in [0.4, 0.5) is 0 Å². The van der Waals surface area contributed by atoms with Crippen LogP contribution in [0.2, 0.25) is 0 Å². The average Bonchev–Trinajstić information content (AvgIpc) is 2.22. The summed E-state index contributed by atoms with van der Waals surface area (Å²) in [7, 11) is 1.79. The Bertz CT molecular complexity index is 550. The molecule has 0 amide bonds. The summed E-state index contributed by atoms with van der Waals surface area (Å²) in [6.45, 7) is 0.461. The quantitative estimate of drug-likeness (QED) is 0.894. The maximum atomic E-state index is 12.0. The van der Waals surface area contributed by atoms with Crippen molar-refractivity contribution < 1.29 is 0 Å². The van der Waals surface area contributed by atoms with E-state index in [9.17, 15) is 4.79 Å². The number of fused-ring (bicyclic) bond motifs is 1. The Morgan fingerprint density at radius 3 is 3.07 bits per heavy atom. The second-order valence-corrected chi connectivity index (χ2v) is 4.02. The third kappa shape index (κ3) is 1.80. The van der Waals surface area contributed by atoms with E-state index in [0.717, 1.165) is 4.47 Å². The van der Waals surface area contributed by atoms with Gasteiger partial charge in [-0.2, -0.15) is 0 Å². The standard InChI is InChI=1S/C10H10BrN3O/c1-12-5-14-6-13-8-4-2-3-7(11)9(8)10(14)15/h2-4,6,12H,5H2,1H3. The number of hydrogen-bond acceptors (Lipinski definition) is 3. The van der Waals surface area contributed by atoms with Gasteiger partial charge in [-0.25, -0.2) is 4.98 Å². The maximum absolute atomic E-state index is 12.0. The molecule has 0 fully saturated rings. The molecule has 0 atom stereocenters. The number of nitrogens with one attached hydrogen (secondary N) is 1. The molecule has 0 bridgehead atoms. The minimum absolute atomic E-state index is 0.0400. The summed E-state index contributed by atoms with van der Waals surface area (Å²) >= 11 is 3.36. The third-order valence-electron chi connectivity index (χ3n) is 2.13. The molecule has 2 rings (SSSR count). The van der Waals surface area contributed by atoms with Crippen molar-refractivity contribution in [2.45, 2.75) is 6.67 Å². The van der Waals surface area contributed by atoms with Crippen molar-refractivity contribution in [1.82, 2.24) is 14.9 Å². The SMILES string of the molecule is CNCn1cnc2cccc(Br)c2c1=O. The van der Waals surface area contributed by atoms with E-state index >= 15 is 0 Å². The van der Waals surface area contributed by atoms with Gasteiger partial charge in [-0.15, -0.1) is 0 Å². The monoisotopic (exact) mass is 267 g/mol. The molecule has 0 aliphatic heterocycles. The summed E-state index contributed by atoms with van der Waals surface area (Å²) in [6, 6.07) is 5.53. The highest BCUT2D eigenvalue weighted by Gasteiger charge is 2.06. The number of hydrogen-bond donors (Lipinski definition) is 1. The van der Waals surface area contributed by atoms with Crippen LogP contribution >= 0.6 is 15.9 Å². The van der Waals surface area contributed by atoms with Gasteiger partial charge in [-0.05, 0) is 35.1 Å². The van der Waals surface area contributed by atoms with Crippen LogP contribution in [0.3, 0.4) is 0 Å². The molecular weight excluding hydrogens is 258 g/mol. The zero-order chi connectivity index (χ0) is 10.8. The Hall–Kier alpha value is -1.20. The van der Waals surface area contributed by atoms with Crippen molar-refractivity contribution >= 4 is 26.8 Å². The fourth-order valence-electron chi connectivity index (χ4n) is 1.44. The number of nitrogens with zero attached hydrogens (tertiary/aromatic N) is 2. The van der Waals surface area contributed by atoms with Crippen molar-refractivity contribution in [3.8, 4) is 0 Å². The van der Waals surface area contributed by atoms with Gasteiger partial charge < -0.3 is 5.32 Å². The summed E-state index contributed by atoms with van der Waals surface area (Å²) in [4.78, 5) is 16.2. The van der Waals surface area contributed by atoms with Crippen LogP contribution in [0.5, 0.6) is 0 Å². The lowest BCUT2D eigenvalue weighted by atomic mass is 10.2. The fraction of sp³-hybridized carbons (Fsp3) is 0.200. The van der Waals surface area contributed by atoms with Crippen molar-refractivity contribution in [1.29, 1.82) is 0 Å². The van der Waals surface area contributed by atoms with Gasteiger partial charge in [0, 0.05) is 4.47 Å². The highest BCUT2D eigenvalue weighted by Crippen LogP contribution is 2.18. The van der Waals surface area contributed by atoms with Gasteiger partial charge in [0.25, 0.3) is 5.56 Å². The Labute approximate surface area is 95.1 Å². The second-order valence-electron chi connectivity index (χ2n) is 3.17. The minimum Gasteiger partial charge on any atom is -0.303 e. The lowest BCUT2D eigenvalue weighted by Crippen LogP contribution is -2.26. The van der Waals surface area contributed by atoms with Gasteiger partial charge in [0.15, 0.2) is 0 Å². The molecule has 78 valence electrons. The summed E-state index contributed by atoms with van der Waals surface area (Å²) in [6.07, 6.45) is 1.55. The molecule has 5 heteroatoms. The summed E-state index contributed by atoms with van der Waals surface area (Å²) in [5, 5.41) is 3.54. The van der Waals surface area contributed by atoms with Crippen molar-refractivity contribution in [2.75, 3.05) is 7.05 Å². The molecule has 0 unspecified atom stereocenters. The van der Waals surface area contributed by atoms with Gasteiger partial charge in [-0.3, -0.25) is 9.36 Å². The van der Waals surface area contributed by atoms with Crippen LogP contribution in [0.25, 0.3) is 10.9 Å². The van der Waals surface area contributed by atoms with Gasteiger partial charge in [-0.1, -0.05) is 6.07 Å². The predicted molar refractivity (Wildman–Crippen MR) is 62.8 cm³/mol. The Morgan fingerprint density at radius 2 is 2.33 bits per heavy atom. The van der Waals surface area contributed by atoms with E-state index in [1.165, 1.54) is 4.57 Å². The molecule has 2 aromatic rings. The lowest BCUT2D eigenvalue weighted by molar-refractivity contribution is 0.593. The van der Waals surface area contributed by atoms with Gasteiger partial charge >= 0.3 is 0 Å². The van der Waals surface area contributed by atoms with Gasteiger partial charge in [0.05, 0.1) is 23.9 Å². The van der Waals surface area contributed by atoms with Crippen LogP contribution in [-0.4, -0.2) is 16.6 Å². The van der Waals surface area contributed by atoms with E-state index in [1.54, 1.807) is 13.4 Å². The van der Waals surface area contributed by atoms with Crippen LogP contribution in [0, 0.1) is 0 Å². The fourth-order valence-corrected chi connectivity index (χ4v) is 1.97. The van der Waals surface area contributed by atoms with Crippen LogP contribution < -0.4 is 10.9 Å². The van der Waals surface area contributed by atoms with E-state index in [0.29, 0.717) is 17.6 Å². The molecule has 0 saturated carbocycles. The summed E-state index contributed by atoms with van der Waals surface area (Å²) in [5.41, 5.74) is 0.670. The van der Waals surface area contributed by atoms with Crippen LogP contribution in [0.1, 0.15) is 0 Å². The molecule has 0 aliphatic rings. The van der Waals surface area contributed by atoms with Crippen LogP contribution in [0.15, 0.2) is 33.8 Å². The first-order chi connectivity index (χ1) is 7.24. The van der Waals surface area contributed by atoms with E-state index in [4.69, 9.17) is 0 Å². The highest BCUT2D eigenvalue weighted by atomic mass is 79.9. The molecule has 15 heavy (non-hydrogen) atoms. The Balaban J connectivity index is 2.77. The van der Waals surface area contributed by atoms with E-state index in [-0.39, 0.29) is 5.56 Å². The van der Waals surface area contributed by atoms with Gasteiger partial charge in [0.1, 0.15) is 0 Å². The normalized spacial score (nSPS) is 10.8. The lowest BCUT2D eigenvalue weighted by Gasteiger charge is -2.05. The predicted octanol–water partition coefficient (Wildman–Crippen LogP) is 1.34.